The molecule has 1 aromatic heterocycles. The first-order chi connectivity index (χ1) is 20.6. The summed E-state index contributed by atoms with van der Waals surface area (Å²) in [5, 5.41) is 12.1. The molecule has 3 aromatic carbocycles. The number of thiazole rings is 1. The lowest BCUT2D eigenvalue weighted by Crippen LogP contribution is -2.29. The minimum absolute atomic E-state index is 0.0112. The van der Waals surface area contributed by atoms with Gasteiger partial charge in [0.15, 0.2) is 16.6 Å². The number of benzene rings is 3. The van der Waals surface area contributed by atoms with Gasteiger partial charge in [0.2, 0.25) is 0 Å². The number of rotatable bonds is 8. The number of hydrogen-bond donors (Lipinski definition) is 1. The van der Waals surface area contributed by atoms with Crippen LogP contribution in [-0.4, -0.2) is 41.6 Å². The number of carbonyl (C=O) groups is 2. The summed E-state index contributed by atoms with van der Waals surface area (Å²) < 4.78 is 18.4. The van der Waals surface area contributed by atoms with Gasteiger partial charge in [-0.05, 0) is 85.3 Å². The Hall–Kier alpha value is -4.37. The van der Waals surface area contributed by atoms with Crippen molar-refractivity contribution in [2.75, 3.05) is 18.6 Å². The van der Waals surface area contributed by atoms with Crippen LogP contribution in [0.25, 0.3) is 16.0 Å². The van der Waals surface area contributed by atoms with Gasteiger partial charge in [0, 0.05) is 12.0 Å². The predicted molar refractivity (Wildman–Crippen MR) is 167 cm³/mol. The van der Waals surface area contributed by atoms with Gasteiger partial charge in [-0.15, -0.1) is 0 Å². The van der Waals surface area contributed by atoms with Gasteiger partial charge in [-0.2, -0.15) is 0 Å². The standard InChI is InChI=1S/C34H34N2O6S/c1-18(2)12-13-41-26-11-7-21(17-27(26)40-5)30-29(31(37)22-8-10-25-23(16-22)15-20(4)42-25)32(38)33(39)36(30)34-35-24-9-6-19(3)14-28(24)43-34/h6-11,14,16-18,20,30,37H,12-13,15H2,1-5H3/t20-,30+/m1/s1. The molecule has 2 aliphatic heterocycles. The third-order valence-electron chi connectivity index (χ3n) is 7.81. The van der Waals surface area contributed by atoms with Crippen LogP contribution in [0.2, 0.25) is 0 Å². The van der Waals surface area contributed by atoms with Gasteiger partial charge in [-0.1, -0.05) is 37.3 Å². The molecule has 0 bridgehead atoms. The van der Waals surface area contributed by atoms with Crippen molar-refractivity contribution >= 4 is 44.1 Å². The Kier molecular flexibility index (Phi) is 7.60. The number of Topliss-reactive ketones (excluding diaryl/α,β-unsaturated/α-hetero) is 1. The van der Waals surface area contributed by atoms with E-state index in [1.54, 1.807) is 37.4 Å². The molecule has 6 rings (SSSR count). The number of ketones is 1. The summed E-state index contributed by atoms with van der Waals surface area (Å²) >= 11 is 1.33. The summed E-state index contributed by atoms with van der Waals surface area (Å²) in [6.07, 6.45) is 1.59. The molecular weight excluding hydrogens is 564 g/mol. The van der Waals surface area contributed by atoms with Gasteiger partial charge < -0.3 is 19.3 Å². The Labute approximate surface area is 254 Å². The number of ether oxygens (including phenoxy) is 3. The van der Waals surface area contributed by atoms with E-state index in [-0.39, 0.29) is 17.4 Å². The van der Waals surface area contributed by atoms with E-state index in [1.807, 2.05) is 38.1 Å². The zero-order valence-electron chi connectivity index (χ0n) is 24.8. The van der Waals surface area contributed by atoms with Crippen LogP contribution in [0.5, 0.6) is 17.2 Å². The number of amides is 1. The van der Waals surface area contributed by atoms with Crippen LogP contribution in [0, 0.1) is 12.8 Å². The molecule has 9 heteroatoms. The zero-order chi connectivity index (χ0) is 30.4. The van der Waals surface area contributed by atoms with E-state index >= 15 is 0 Å². The van der Waals surface area contributed by atoms with Crippen molar-refractivity contribution in [1.29, 1.82) is 0 Å². The highest BCUT2D eigenvalue weighted by Gasteiger charge is 2.48. The van der Waals surface area contributed by atoms with Crippen LogP contribution in [0.1, 0.15) is 55.5 Å². The normalized spacial score (nSPS) is 19.3. The van der Waals surface area contributed by atoms with Gasteiger partial charge in [0.1, 0.15) is 17.6 Å². The second-order valence-corrected chi connectivity index (χ2v) is 12.5. The molecule has 0 spiro atoms. The summed E-state index contributed by atoms with van der Waals surface area (Å²) in [5.41, 5.74) is 3.75. The topological polar surface area (TPSA) is 98.2 Å². The molecule has 2 atom stereocenters. The Balaban J connectivity index is 1.49. The first kappa shape index (κ1) is 28.7. The predicted octanol–water partition coefficient (Wildman–Crippen LogP) is 6.99. The number of carbonyl (C=O) groups excluding carboxylic acids is 2. The van der Waals surface area contributed by atoms with Crippen LogP contribution in [0.15, 0.2) is 60.2 Å². The molecular formula is C34H34N2O6S. The fourth-order valence-corrected chi connectivity index (χ4v) is 6.66. The molecule has 1 N–H and O–H groups in total. The van der Waals surface area contributed by atoms with Crippen LogP contribution in [0.4, 0.5) is 5.13 Å². The smallest absolute Gasteiger partial charge is 0.301 e. The molecule has 0 radical (unpaired) electrons. The van der Waals surface area contributed by atoms with E-state index in [4.69, 9.17) is 19.2 Å². The van der Waals surface area contributed by atoms with Gasteiger partial charge in [-0.25, -0.2) is 4.98 Å². The van der Waals surface area contributed by atoms with E-state index < -0.39 is 17.7 Å². The Morgan fingerprint density at radius 3 is 2.70 bits per heavy atom. The quantitative estimate of drug-likeness (QED) is 0.133. The third-order valence-corrected chi connectivity index (χ3v) is 8.83. The summed E-state index contributed by atoms with van der Waals surface area (Å²) in [7, 11) is 1.55. The molecule has 0 saturated carbocycles. The van der Waals surface area contributed by atoms with Gasteiger partial charge in [-0.3, -0.25) is 14.5 Å². The third kappa shape index (κ3) is 5.33. The average Bonchev–Trinajstić information content (AvgIpc) is 3.64. The number of methoxy groups -OCH3 is 1. The van der Waals surface area contributed by atoms with Crippen molar-refractivity contribution in [3.05, 3.63) is 82.4 Å². The highest BCUT2D eigenvalue weighted by atomic mass is 32.1. The lowest BCUT2D eigenvalue weighted by molar-refractivity contribution is -0.132. The monoisotopic (exact) mass is 598 g/mol. The Morgan fingerprint density at radius 1 is 1.12 bits per heavy atom. The lowest BCUT2D eigenvalue weighted by atomic mass is 9.94. The minimum Gasteiger partial charge on any atom is -0.507 e. The van der Waals surface area contributed by atoms with Crippen LogP contribution < -0.4 is 19.1 Å². The summed E-state index contributed by atoms with van der Waals surface area (Å²) in [5.74, 6) is 0.486. The Morgan fingerprint density at radius 2 is 1.93 bits per heavy atom. The number of anilines is 1. The summed E-state index contributed by atoms with van der Waals surface area (Å²) in [6, 6.07) is 15.6. The van der Waals surface area contributed by atoms with E-state index in [1.165, 1.54) is 16.2 Å². The molecule has 4 aromatic rings. The maximum atomic E-state index is 13.8. The number of aliphatic hydroxyl groups excluding tert-OH is 1. The number of hydrogen-bond acceptors (Lipinski definition) is 8. The molecule has 222 valence electrons. The van der Waals surface area contributed by atoms with Crippen molar-refractivity contribution < 1.29 is 28.9 Å². The molecule has 8 nitrogen and oxygen atoms in total. The molecule has 1 saturated heterocycles. The number of aromatic nitrogens is 1. The maximum Gasteiger partial charge on any atom is 0.301 e. The van der Waals surface area contributed by atoms with E-state index in [9.17, 15) is 14.7 Å². The molecule has 43 heavy (non-hydrogen) atoms. The highest BCUT2D eigenvalue weighted by Crippen LogP contribution is 2.46. The fraction of sp³-hybridized carbons (Fsp3) is 0.324. The van der Waals surface area contributed by atoms with Gasteiger partial charge >= 0.3 is 5.91 Å². The summed E-state index contributed by atoms with van der Waals surface area (Å²) in [6.45, 7) is 8.76. The zero-order valence-corrected chi connectivity index (χ0v) is 25.7. The van der Waals surface area contributed by atoms with E-state index in [2.05, 4.69) is 13.8 Å². The van der Waals surface area contributed by atoms with Gasteiger partial charge in [0.25, 0.3) is 5.78 Å². The molecule has 3 heterocycles. The minimum atomic E-state index is -0.941. The van der Waals surface area contributed by atoms with Crippen molar-refractivity contribution in [2.24, 2.45) is 5.92 Å². The second-order valence-electron chi connectivity index (χ2n) is 11.5. The Bertz CT molecular complexity index is 1770. The maximum absolute atomic E-state index is 13.8. The van der Waals surface area contributed by atoms with Crippen molar-refractivity contribution in [1.82, 2.24) is 4.98 Å². The van der Waals surface area contributed by atoms with Crippen LogP contribution >= 0.6 is 11.3 Å². The van der Waals surface area contributed by atoms with Crippen molar-refractivity contribution in [3.8, 4) is 17.2 Å². The van der Waals surface area contributed by atoms with E-state index in [0.29, 0.717) is 46.7 Å². The first-order valence-electron chi connectivity index (χ1n) is 14.4. The fourth-order valence-electron chi connectivity index (χ4n) is 5.57. The molecule has 1 amide bonds. The molecule has 0 aliphatic carbocycles. The SMILES string of the molecule is COc1cc([C@H]2C(=C(O)c3ccc4c(c3)C[C@@H](C)O4)C(=O)C(=O)N2c2nc3ccc(C)cc3s2)ccc1OCCC(C)C. The lowest BCUT2D eigenvalue weighted by Gasteiger charge is -2.24. The molecule has 2 aliphatic rings. The van der Waals surface area contributed by atoms with Crippen LogP contribution in [-0.2, 0) is 16.0 Å². The van der Waals surface area contributed by atoms with Gasteiger partial charge in [0.05, 0.1) is 35.5 Å². The second kappa shape index (κ2) is 11.4. The largest absolute Gasteiger partial charge is 0.507 e. The number of fused-ring (bicyclic) bond motifs is 2. The highest BCUT2D eigenvalue weighted by molar-refractivity contribution is 7.22. The van der Waals surface area contributed by atoms with Crippen molar-refractivity contribution in [3.63, 3.8) is 0 Å². The van der Waals surface area contributed by atoms with Crippen LogP contribution in [0.3, 0.4) is 0 Å². The first-order valence-corrected chi connectivity index (χ1v) is 15.2. The number of nitrogens with zero attached hydrogens (tertiary/aromatic N) is 2. The number of aliphatic hydroxyl groups is 1. The number of aryl methyl sites for hydroxylation is 1. The van der Waals surface area contributed by atoms with Crippen molar-refractivity contribution in [2.45, 2.75) is 52.7 Å². The molecule has 1 fully saturated rings. The average molecular weight is 599 g/mol. The summed E-state index contributed by atoms with van der Waals surface area (Å²) in [4.78, 5) is 33.6. The molecule has 0 unspecified atom stereocenters. The van der Waals surface area contributed by atoms with E-state index in [0.717, 1.165) is 33.5 Å².